The number of methoxy groups -OCH3 is 1. The highest BCUT2D eigenvalue weighted by atomic mass is 16.5. The van der Waals surface area contributed by atoms with Crippen LogP contribution in [0.25, 0.3) is 0 Å². The maximum absolute atomic E-state index is 5.87. The van der Waals surface area contributed by atoms with E-state index in [2.05, 4.69) is 11.9 Å². The van der Waals surface area contributed by atoms with Crippen molar-refractivity contribution >= 4 is 0 Å². The maximum Gasteiger partial charge on any atom is 0.0474 e. The van der Waals surface area contributed by atoms with Crippen LogP contribution in [0.3, 0.4) is 0 Å². The number of hydrogen-bond acceptors (Lipinski definition) is 3. The lowest BCUT2D eigenvalue weighted by atomic mass is 10.1. The Morgan fingerprint density at radius 3 is 2.42 bits per heavy atom. The van der Waals surface area contributed by atoms with Crippen LogP contribution in [-0.4, -0.2) is 44.3 Å². The Balaban J connectivity index is 3.40. The molecule has 0 amide bonds. The molecule has 0 saturated heterocycles. The quantitative estimate of drug-likeness (QED) is 0.602. The summed E-state index contributed by atoms with van der Waals surface area (Å²) >= 11 is 0. The second kappa shape index (κ2) is 5.51. The molecule has 0 spiro atoms. The summed E-state index contributed by atoms with van der Waals surface area (Å²) in [5.74, 6) is 0. The van der Waals surface area contributed by atoms with Gasteiger partial charge in [0.1, 0.15) is 0 Å². The van der Waals surface area contributed by atoms with E-state index in [1.165, 1.54) is 0 Å². The summed E-state index contributed by atoms with van der Waals surface area (Å²) in [6, 6.07) is 0. The first-order valence-electron chi connectivity index (χ1n) is 4.42. The lowest BCUT2D eigenvalue weighted by Gasteiger charge is -2.26. The molecule has 0 aliphatic heterocycles. The zero-order chi connectivity index (χ0) is 9.61. The van der Waals surface area contributed by atoms with Crippen molar-refractivity contribution in [2.45, 2.75) is 25.8 Å². The molecule has 74 valence electrons. The highest BCUT2D eigenvalue weighted by molar-refractivity contribution is 4.75. The van der Waals surface area contributed by atoms with Gasteiger partial charge < -0.3 is 15.4 Å². The minimum Gasteiger partial charge on any atom is -0.385 e. The van der Waals surface area contributed by atoms with Gasteiger partial charge in [-0.15, -0.1) is 0 Å². The second-order valence-electron chi connectivity index (χ2n) is 4.07. The summed E-state index contributed by atoms with van der Waals surface area (Å²) in [5.41, 5.74) is 5.77. The zero-order valence-electron chi connectivity index (χ0n) is 8.76. The third kappa shape index (κ3) is 7.98. The molecule has 0 unspecified atom stereocenters. The van der Waals surface area contributed by atoms with Gasteiger partial charge in [-0.3, -0.25) is 0 Å². The fraction of sp³-hybridized carbons (Fsp3) is 1.00. The van der Waals surface area contributed by atoms with Crippen molar-refractivity contribution in [2.24, 2.45) is 5.73 Å². The van der Waals surface area contributed by atoms with Crippen LogP contribution in [0.1, 0.15) is 20.3 Å². The van der Waals surface area contributed by atoms with E-state index in [0.717, 1.165) is 26.1 Å². The number of nitrogens with zero attached hydrogens (tertiary/aromatic N) is 1. The van der Waals surface area contributed by atoms with Crippen LogP contribution in [0.5, 0.6) is 0 Å². The number of hydrogen-bond donors (Lipinski definition) is 1. The first-order chi connectivity index (χ1) is 5.45. The van der Waals surface area contributed by atoms with Crippen molar-refractivity contribution in [3.63, 3.8) is 0 Å². The third-order valence-corrected chi connectivity index (χ3v) is 1.57. The van der Waals surface area contributed by atoms with Crippen molar-refractivity contribution in [3.8, 4) is 0 Å². The molecule has 0 bridgehead atoms. The predicted molar refractivity (Wildman–Crippen MR) is 52.3 cm³/mol. The van der Waals surface area contributed by atoms with E-state index in [1.54, 1.807) is 7.11 Å². The molecule has 2 N–H and O–H groups in total. The first-order valence-corrected chi connectivity index (χ1v) is 4.42. The summed E-state index contributed by atoms with van der Waals surface area (Å²) < 4.78 is 4.96. The summed E-state index contributed by atoms with van der Waals surface area (Å²) in [6.45, 7) is 6.89. The van der Waals surface area contributed by atoms with Crippen molar-refractivity contribution in [1.82, 2.24) is 4.90 Å². The molecule has 0 rings (SSSR count). The molecule has 0 saturated carbocycles. The number of likely N-dealkylation sites (N-methyl/N-ethyl adjacent to an activating group) is 1. The van der Waals surface area contributed by atoms with Gasteiger partial charge in [-0.25, -0.2) is 0 Å². The summed E-state index contributed by atoms with van der Waals surface area (Å²) in [4.78, 5) is 2.24. The van der Waals surface area contributed by atoms with Crippen molar-refractivity contribution in [3.05, 3.63) is 0 Å². The van der Waals surface area contributed by atoms with Crippen molar-refractivity contribution in [2.75, 3.05) is 33.9 Å². The van der Waals surface area contributed by atoms with Crippen molar-refractivity contribution < 1.29 is 4.74 Å². The van der Waals surface area contributed by atoms with E-state index >= 15 is 0 Å². The Morgan fingerprint density at radius 2 is 2.00 bits per heavy atom. The smallest absolute Gasteiger partial charge is 0.0474 e. The summed E-state index contributed by atoms with van der Waals surface area (Å²) in [7, 11) is 3.82. The van der Waals surface area contributed by atoms with Crippen LogP contribution in [-0.2, 0) is 4.74 Å². The van der Waals surface area contributed by atoms with E-state index < -0.39 is 0 Å². The SMILES string of the molecule is COCCCN(C)CC(C)(C)N. The average molecular weight is 174 g/mol. The molecule has 0 aromatic heterocycles. The number of rotatable bonds is 6. The van der Waals surface area contributed by atoms with E-state index in [1.807, 2.05) is 13.8 Å². The van der Waals surface area contributed by atoms with Gasteiger partial charge in [-0.05, 0) is 27.3 Å². The van der Waals surface area contributed by atoms with Crippen LogP contribution < -0.4 is 5.73 Å². The van der Waals surface area contributed by atoms with E-state index in [-0.39, 0.29) is 5.54 Å². The highest BCUT2D eigenvalue weighted by Crippen LogP contribution is 1.99. The molecule has 3 heteroatoms. The molecule has 0 aliphatic rings. The topological polar surface area (TPSA) is 38.5 Å². The number of ether oxygens (including phenoxy) is 1. The minimum absolute atomic E-state index is 0.0954. The van der Waals surface area contributed by atoms with Crippen LogP contribution >= 0.6 is 0 Å². The zero-order valence-corrected chi connectivity index (χ0v) is 8.76. The Morgan fingerprint density at radius 1 is 1.42 bits per heavy atom. The number of nitrogens with two attached hydrogens (primary N) is 1. The molecule has 0 heterocycles. The van der Waals surface area contributed by atoms with E-state index in [9.17, 15) is 0 Å². The van der Waals surface area contributed by atoms with Crippen LogP contribution in [0, 0.1) is 0 Å². The molecule has 0 aromatic carbocycles. The minimum atomic E-state index is -0.0954. The summed E-state index contributed by atoms with van der Waals surface area (Å²) in [6.07, 6.45) is 1.07. The first kappa shape index (κ1) is 11.9. The molecule has 0 atom stereocenters. The van der Waals surface area contributed by atoms with Gasteiger partial charge in [0.2, 0.25) is 0 Å². The normalized spacial score (nSPS) is 12.5. The average Bonchev–Trinajstić information content (AvgIpc) is 1.84. The Bertz CT molecular complexity index is 110. The molecule has 3 nitrogen and oxygen atoms in total. The largest absolute Gasteiger partial charge is 0.385 e. The van der Waals surface area contributed by atoms with Crippen molar-refractivity contribution in [1.29, 1.82) is 0 Å². The fourth-order valence-corrected chi connectivity index (χ4v) is 1.25. The van der Waals surface area contributed by atoms with Gasteiger partial charge in [-0.2, -0.15) is 0 Å². The molecule has 12 heavy (non-hydrogen) atoms. The van der Waals surface area contributed by atoms with E-state index in [0.29, 0.717) is 0 Å². The summed E-state index contributed by atoms with van der Waals surface area (Å²) in [5, 5.41) is 0. The third-order valence-electron chi connectivity index (χ3n) is 1.57. The monoisotopic (exact) mass is 174 g/mol. The van der Waals surface area contributed by atoms with Gasteiger partial charge >= 0.3 is 0 Å². The Labute approximate surface area is 75.9 Å². The molecule has 0 radical (unpaired) electrons. The fourth-order valence-electron chi connectivity index (χ4n) is 1.25. The van der Waals surface area contributed by atoms with Gasteiger partial charge in [0.25, 0.3) is 0 Å². The van der Waals surface area contributed by atoms with Crippen LogP contribution in [0.15, 0.2) is 0 Å². The van der Waals surface area contributed by atoms with Gasteiger partial charge in [0, 0.05) is 32.3 Å². The lowest BCUT2D eigenvalue weighted by Crippen LogP contribution is -2.44. The Hall–Kier alpha value is -0.120. The predicted octanol–water partition coefficient (Wildman–Crippen LogP) is 0.692. The molecular weight excluding hydrogens is 152 g/mol. The second-order valence-corrected chi connectivity index (χ2v) is 4.07. The van der Waals surface area contributed by atoms with Gasteiger partial charge in [0.15, 0.2) is 0 Å². The molecule has 0 aliphatic carbocycles. The molecular formula is C9H22N2O. The highest BCUT2D eigenvalue weighted by Gasteiger charge is 2.12. The van der Waals surface area contributed by atoms with Crippen LogP contribution in [0.2, 0.25) is 0 Å². The van der Waals surface area contributed by atoms with Gasteiger partial charge in [0.05, 0.1) is 0 Å². The molecule has 0 aromatic rings. The standard InChI is InChI=1S/C9H22N2O/c1-9(2,10)8-11(3)6-5-7-12-4/h5-8,10H2,1-4H3. The lowest BCUT2D eigenvalue weighted by molar-refractivity contribution is 0.173. The van der Waals surface area contributed by atoms with Crippen LogP contribution in [0.4, 0.5) is 0 Å². The maximum atomic E-state index is 5.87. The Kier molecular flexibility index (Phi) is 5.46. The molecule has 0 fully saturated rings. The van der Waals surface area contributed by atoms with E-state index in [4.69, 9.17) is 10.5 Å². The van der Waals surface area contributed by atoms with Gasteiger partial charge in [-0.1, -0.05) is 0 Å².